The zero-order valence-electron chi connectivity index (χ0n) is 18.5. The largest absolute Gasteiger partial charge is 0.341 e. The van der Waals surface area contributed by atoms with Crippen LogP contribution in [0.4, 0.5) is 0 Å². The van der Waals surface area contributed by atoms with Gasteiger partial charge in [0.15, 0.2) is 11.0 Å². The molecule has 162 valence electrons. The molecule has 1 aromatic carbocycles. The average Bonchev–Trinajstić information content (AvgIpc) is 3.16. The van der Waals surface area contributed by atoms with Gasteiger partial charge >= 0.3 is 0 Å². The van der Waals surface area contributed by atoms with E-state index < -0.39 is 0 Å². The Hall–Kier alpha value is -2.67. The summed E-state index contributed by atoms with van der Waals surface area (Å²) in [5.74, 6) is 1.98. The Labute approximate surface area is 188 Å². The third-order valence-electron chi connectivity index (χ3n) is 5.72. The Kier molecular flexibility index (Phi) is 6.41. The molecule has 1 amide bonds. The van der Waals surface area contributed by atoms with Gasteiger partial charge in [-0.05, 0) is 55.9 Å². The molecule has 0 saturated carbocycles. The molecule has 7 heteroatoms. The van der Waals surface area contributed by atoms with Crippen LogP contribution in [0.5, 0.6) is 0 Å². The number of amides is 1. The van der Waals surface area contributed by atoms with Crippen LogP contribution in [0, 0.1) is 18.8 Å². The number of nitrogens with zero attached hydrogens (tertiary/aromatic N) is 5. The number of para-hydroxylation sites is 1. The number of benzene rings is 1. The van der Waals surface area contributed by atoms with Gasteiger partial charge in [-0.15, -0.1) is 10.2 Å². The van der Waals surface area contributed by atoms with Gasteiger partial charge < -0.3 is 4.90 Å². The summed E-state index contributed by atoms with van der Waals surface area (Å²) in [6, 6.07) is 12.0. The lowest BCUT2D eigenvalue weighted by atomic mass is 9.92. The molecule has 1 aliphatic heterocycles. The lowest BCUT2D eigenvalue weighted by Crippen LogP contribution is -2.45. The third kappa shape index (κ3) is 4.66. The molecule has 0 bridgehead atoms. The van der Waals surface area contributed by atoms with E-state index in [1.54, 1.807) is 12.4 Å². The van der Waals surface area contributed by atoms with Gasteiger partial charge in [-0.25, -0.2) is 0 Å². The molecule has 6 nitrogen and oxygen atoms in total. The van der Waals surface area contributed by atoms with E-state index in [0.717, 1.165) is 35.7 Å². The van der Waals surface area contributed by atoms with Gasteiger partial charge in [0.25, 0.3) is 0 Å². The molecule has 1 fully saturated rings. The van der Waals surface area contributed by atoms with Crippen LogP contribution < -0.4 is 0 Å². The molecule has 4 rings (SSSR count). The smallest absolute Gasteiger partial charge is 0.235 e. The summed E-state index contributed by atoms with van der Waals surface area (Å²) < 4.78 is 2.04. The van der Waals surface area contributed by atoms with Crippen LogP contribution in [0.3, 0.4) is 0 Å². The summed E-state index contributed by atoms with van der Waals surface area (Å²) in [5, 5.41) is 9.44. The Morgan fingerprint density at radius 1 is 1.10 bits per heavy atom. The predicted molar refractivity (Wildman–Crippen MR) is 124 cm³/mol. The minimum absolute atomic E-state index is 0.172. The third-order valence-corrected chi connectivity index (χ3v) is 6.75. The number of hydrogen-bond donors (Lipinski definition) is 0. The minimum Gasteiger partial charge on any atom is -0.341 e. The first-order valence-corrected chi connectivity index (χ1v) is 11.7. The summed E-state index contributed by atoms with van der Waals surface area (Å²) in [4.78, 5) is 19.5. The molecule has 0 aliphatic carbocycles. The molecular formula is C24H29N5OS. The van der Waals surface area contributed by atoms with E-state index in [9.17, 15) is 4.79 Å². The topological polar surface area (TPSA) is 63.9 Å². The monoisotopic (exact) mass is 435 g/mol. The van der Waals surface area contributed by atoms with Crippen molar-refractivity contribution in [3.05, 3.63) is 54.4 Å². The highest BCUT2D eigenvalue weighted by atomic mass is 32.2. The van der Waals surface area contributed by atoms with Crippen LogP contribution in [0.2, 0.25) is 0 Å². The van der Waals surface area contributed by atoms with E-state index in [-0.39, 0.29) is 11.2 Å². The van der Waals surface area contributed by atoms with Gasteiger partial charge in [0.05, 0.1) is 10.9 Å². The van der Waals surface area contributed by atoms with Crippen LogP contribution in [0.25, 0.3) is 17.1 Å². The number of thioether (sulfide) groups is 1. The van der Waals surface area contributed by atoms with Gasteiger partial charge in [-0.2, -0.15) is 0 Å². The fraction of sp³-hybridized carbons (Fsp3) is 0.417. The average molecular weight is 436 g/mol. The van der Waals surface area contributed by atoms with E-state index in [0.29, 0.717) is 17.0 Å². The maximum Gasteiger partial charge on any atom is 0.235 e. The Morgan fingerprint density at radius 3 is 2.52 bits per heavy atom. The molecule has 3 heterocycles. The first-order valence-electron chi connectivity index (χ1n) is 10.8. The summed E-state index contributed by atoms with van der Waals surface area (Å²) in [6.07, 6.45) is 4.72. The standard InChI is InChI=1S/C24H29N5OS/c1-16-12-17(2)15-28(14-16)23(30)19(4)31-24-27-26-22(20-9-7-11-25-13-20)29(24)21-10-6-5-8-18(21)3/h5-11,13,16-17,19H,12,14-15H2,1-4H3/t16-,17+,19-/m0/s1. The summed E-state index contributed by atoms with van der Waals surface area (Å²) in [6.45, 7) is 10.2. The normalized spacial score (nSPS) is 19.9. The van der Waals surface area contributed by atoms with Gasteiger partial charge in [-0.1, -0.05) is 43.8 Å². The quantitative estimate of drug-likeness (QED) is 0.547. The minimum atomic E-state index is -0.244. The molecule has 0 radical (unpaired) electrons. The van der Waals surface area contributed by atoms with Crippen LogP contribution >= 0.6 is 11.8 Å². The van der Waals surface area contributed by atoms with E-state index in [2.05, 4.69) is 48.1 Å². The van der Waals surface area contributed by atoms with Crippen molar-refractivity contribution in [2.75, 3.05) is 13.1 Å². The number of likely N-dealkylation sites (tertiary alicyclic amines) is 1. The first kappa shape index (κ1) is 21.6. The number of aryl methyl sites for hydroxylation is 1. The molecule has 1 saturated heterocycles. The van der Waals surface area contributed by atoms with Crippen molar-refractivity contribution in [3.8, 4) is 17.1 Å². The second-order valence-electron chi connectivity index (χ2n) is 8.62. The van der Waals surface area contributed by atoms with Crippen molar-refractivity contribution in [2.24, 2.45) is 11.8 Å². The number of aromatic nitrogens is 4. The maximum atomic E-state index is 13.2. The highest BCUT2D eigenvalue weighted by molar-refractivity contribution is 8.00. The van der Waals surface area contributed by atoms with Crippen molar-refractivity contribution in [1.82, 2.24) is 24.6 Å². The van der Waals surface area contributed by atoms with E-state index in [1.807, 2.05) is 40.7 Å². The highest BCUT2D eigenvalue weighted by Crippen LogP contribution is 2.32. The zero-order valence-corrected chi connectivity index (χ0v) is 19.3. The number of hydrogen-bond acceptors (Lipinski definition) is 5. The van der Waals surface area contributed by atoms with Crippen LogP contribution in [0.1, 0.15) is 32.8 Å². The Balaban J connectivity index is 1.66. The fourth-order valence-corrected chi connectivity index (χ4v) is 5.31. The number of carbonyl (C=O) groups is 1. The van der Waals surface area contributed by atoms with E-state index in [1.165, 1.54) is 18.2 Å². The Bertz CT molecular complexity index is 1040. The lowest BCUT2D eigenvalue weighted by Gasteiger charge is -2.36. The molecule has 0 N–H and O–H groups in total. The lowest BCUT2D eigenvalue weighted by molar-refractivity contribution is -0.132. The van der Waals surface area contributed by atoms with Crippen molar-refractivity contribution >= 4 is 17.7 Å². The van der Waals surface area contributed by atoms with Crippen LogP contribution in [0.15, 0.2) is 53.9 Å². The van der Waals surface area contributed by atoms with Crippen molar-refractivity contribution in [2.45, 2.75) is 44.5 Å². The predicted octanol–water partition coefficient (Wildman–Crippen LogP) is 4.62. The SMILES string of the molecule is Cc1ccccc1-n1c(S[C@@H](C)C(=O)N2C[C@H](C)C[C@H](C)C2)nnc1-c1cccnc1. The van der Waals surface area contributed by atoms with E-state index in [4.69, 9.17) is 0 Å². The number of carbonyl (C=O) groups excluding carboxylic acids is 1. The van der Waals surface area contributed by atoms with Gasteiger partial charge in [0, 0.05) is 31.0 Å². The number of piperidine rings is 1. The van der Waals surface area contributed by atoms with Gasteiger partial charge in [0.2, 0.25) is 5.91 Å². The Morgan fingerprint density at radius 2 is 1.84 bits per heavy atom. The summed E-state index contributed by atoms with van der Waals surface area (Å²) in [5.41, 5.74) is 3.02. The van der Waals surface area contributed by atoms with Crippen molar-refractivity contribution in [3.63, 3.8) is 0 Å². The van der Waals surface area contributed by atoms with Crippen molar-refractivity contribution in [1.29, 1.82) is 0 Å². The molecule has 3 atom stereocenters. The van der Waals surface area contributed by atoms with Crippen LogP contribution in [-0.4, -0.2) is 48.9 Å². The zero-order chi connectivity index (χ0) is 22.0. The maximum absolute atomic E-state index is 13.2. The molecular weight excluding hydrogens is 406 g/mol. The molecule has 1 aliphatic rings. The molecule has 31 heavy (non-hydrogen) atoms. The van der Waals surface area contributed by atoms with Gasteiger partial charge in [0.1, 0.15) is 0 Å². The number of rotatable bonds is 5. The second kappa shape index (κ2) is 9.22. The molecule has 2 aromatic heterocycles. The van der Waals surface area contributed by atoms with Crippen LogP contribution in [-0.2, 0) is 4.79 Å². The first-order chi connectivity index (χ1) is 14.9. The summed E-state index contributed by atoms with van der Waals surface area (Å²) in [7, 11) is 0. The highest BCUT2D eigenvalue weighted by Gasteiger charge is 2.30. The fourth-order valence-electron chi connectivity index (χ4n) is 4.37. The van der Waals surface area contributed by atoms with E-state index >= 15 is 0 Å². The van der Waals surface area contributed by atoms with Crippen molar-refractivity contribution < 1.29 is 4.79 Å². The second-order valence-corrected chi connectivity index (χ2v) is 9.93. The number of pyridine rings is 1. The molecule has 0 spiro atoms. The summed E-state index contributed by atoms with van der Waals surface area (Å²) >= 11 is 1.47. The molecule has 3 aromatic rings. The van der Waals surface area contributed by atoms with Gasteiger partial charge in [-0.3, -0.25) is 14.3 Å². The molecule has 0 unspecified atom stereocenters.